The number of aliphatic hydroxyl groups excluding tert-OH is 1. The molecule has 31 heavy (non-hydrogen) atoms. The van der Waals surface area contributed by atoms with Crippen LogP contribution in [0.25, 0.3) is 0 Å². The Morgan fingerprint density at radius 2 is 2.06 bits per heavy atom. The monoisotopic (exact) mass is 436 g/mol. The Balaban J connectivity index is 1.78. The number of amides is 1. The number of carbonyl (C=O) groups is 2. The molecule has 1 atom stereocenters. The van der Waals surface area contributed by atoms with Gasteiger partial charge in [0.2, 0.25) is 0 Å². The standard InChI is InChI=1S/C21H32N4O6/c1-21(2,3)31-20(29)24-9-4-8-23-19(22)25-10-7-14-11-16(6-5-15(14)12-25)30-13-17(26)18(27)28/h5-6,11,17,26H,4,7-10,12-13H2,1-3H3,(H2,22,23)(H,24,29)(H,27,28)/t17-/m1/s1. The fourth-order valence-corrected chi connectivity index (χ4v) is 2.94. The van der Waals surface area contributed by atoms with E-state index in [1.807, 2.05) is 37.8 Å². The molecule has 0 saturated heterocycles. The number of ether oxygens (including phenoxy) is 2. The first-order chi connectivity index (χ1) is 14.5. The first-order valence-electron chi connectivity index (χ1n) is 10.2. The van der Waals surface area contributed by atoms with Crippen molar-refractivity contribution in [2.24, 2.45) is 10.7 Å². The Labute approximate surface area is 182 Å². The second-order valence-corrected chi connectivity index (χ2v) is 8.29. The zero-order valence-corrected chi connectivity index (χ0v) is 18.3. The number of aliphatic carboxylic acids is 1. The van der Waals surface area contributed by atoms with Crippen LogP contribution in [0.2, 0.25) is 0 Å². The van der Waals surface area contributed by atoms with Crippen LogP contribution in [0, 0.1) is 0 Å². The SMILES string of the molecule is CC(C)(C)OC(=O)NCCCN=C(N)N1CCc2cc(OC[C@@H](O)C(=O)O)ccc2C1. The van der Waals surface area contributed by atoms with Gasteiger partial charge >= 0.3 is 12.1 Å². The highest BCUT2D eigenvalue weighted by molar-refractivity contribution is 5.78. The maximum Gasteiger partial charge on any atom is 0.407 e. The maximum absolute atomic E-state index is 11.6. The van der Waals surface area contributed by atoms with E-state index in [1.165, 1.54) is 0 Å². The summed E-state index contributed by atoms with van der Waals surface area (Å²) in [6.07, 6.45) is -0.614. The molecule has 0 unspecified atom stereocenters. The highest BCUT2D eigenvalue weighted by Crippen LogP contribution is 2.24. The molecule has 0 bridgehead atoms. The number of rotatable bonds is 8. The lowest BCUT2D eigenvalue weighted by Crippen LogP contribution is -2.41. The Kier molecular flexibility index (Phi) is 8.49. The summed E-state index contributed by atoms with van der Waals surface area (Å²) in [5.74, 6) is -0.344. The summed E-state index contributed by atoms with van der Waals surface area (Å²) in [5.41, 5.74) is 7.78. The zero-order valence-electron chi connectivity index (χ0n) is 18.3. The molecule has 5 N–H and O–H groups in total. The first kappa shape index (κ1) is 24.3. The third-order valence-corrected chi connectivity index (χ3v) is 4.48. The lowest BCUT2D eigenvalue weighted by atomic mass is 9.99. The van der Waals surface area contributed by atoms with E-state index in [0.717, 1.165) is 17.5 Å². The number of carboxylic acids is 1. The van der Waals surface area contributed by atoms with Crippen LogP contribution in [0.15, 0.2) is 23.2 Å². The fraction of sp³-hybridized carbons (Fsp3) is 0.571. The Hall–Kier alpha value is -3.01. The van der Waals surface area contributed by atoms with Crippen molar-refractivity contribution < 1.29 is 29.3 Å². The number of nitrogens with one attached hydrogen (secondary N) is 1. The zero-order chi connectivity index (χ0) is 23.0. The average molecular weight is 437 g/mol. The van der Waals surface area contributed by atoms with Gasteiger partial charge in [-0.05, 0) is 56.9 Å². The van der Waals surface area contributed by atoms with Crippen LogP contribution < -0.4 is 15.8 Å². The molecule has 2 rings (SSSR count). The van der Waals surface area contributed by atoms with E-state index < -0.39 is 23.8 Å². The summed E-state index contributed by atoms with van der Waals surface area (Å²) in [6.45, 7) is 7.38. The van der Waals surface area contributed by atoms with Gasteiger partial charge < -0.3 is 35.6 Å². The topological polar surface area (TPSA) is 147 Å². The molecule has 0 saturated carbocycles. The summed E-state index contributed by atoms with van der Waals surface area (Å²) in [4.78, 5) is 28.6. The van der Waals surface area contributed by atoms with Crippen molar-refractivity contribution in [2.75, 3.05) is 26.2 Å². The lowest BCUT2D eigenvalue weighted by molar-refractivity contribution is -0.148. The van der Waals surface area contributed by atoms with E-state index in [2.05, 4.69) is 10.3 Å². The summed E-state index contributed by atoms with van der Waals surface area (Å²) < 4.78 is 10.5. The molecular weight excluding hydrogens is 404 g/mol. The minimum absolute atomic E-state index is 0.303. The summed E-state index contributed by atoms with van der Waals surface area (Å²) in [6, 6.07) is 5.51. The molecule has 0 spiro atoms. The van der Waals surface area contributed by atoms with Crippen LogP contribution in [-0.2, 0) is 22.5 Å². The number of guanidine groups is 1. The van der Waals surface area contributed by atoms with Gasteiger partial charge in [0.25, 0.3) is 0 Å². The minimum Gasteiger partial charge on any atom is -0.490 e. The van der Waals surface area contributed by atoms with Crippen LogP contribution in [-0.4, -0.2) is 71.1 Å². The Morgan fingerprint density at radius 3 is 2.74 bits per heavy atom. The molecule has 1 amide bonds. The van der Waals surface area contributed by atoms with E-state index in [9.17, 15) is 14.7 Å². The van der Waals surface area contributed by atoms with Crippen molar-refractivity contribution in [2.45, 2.75) is 51.9 Å². The minimum atomic E-state index is -1.55. The largest absolute Gasteiger partial charge is 0.490 e. The molecule has 1 aromatic carbocycles. The molecule has 1 heterocycles. The molecule has 1 aliphatic rings. The number of carbonyl (C=O) groups excluding carboxylic acids is 1. The third-order valence-electron chi connectivity index (χ3n) is 4.48. The van der Waals surface area contributed by atoms with Gasteiger partial charge in [-0.1, -0.05) is 6.07 Å². The molecule has 1 aliphatic heterocycles. The van der Waals surface area contributed by atoms with Gasteiger partial charge in [-0.3, -0.25) is 4.99 Å². The number of nitrogens with zero attached hydrogens (tertiary/aromatic N) is 2. The number of aliphatic hydroxyl groups is 1. The summed E-state index contributed by atoms with van der Waals surface area (Å²) >= 11 is 0. The molecule has 172 valence electrons. The Bertz CT molecular complexity index is 806. The van der Waals surface area contributed by atoms with Gasteiger partial charge in [-0.2, -0.15) is 0 Å². The van der Waals surface area contributed by atoms with Crippen molar-refractivity contribution in [1.29, 1.82) is 0 Å². The second-order valence-electron chi connectivity index (χ2n) is 8.29. The number of fused-ring (bicyclic) bond motifs is 1. The molecule has 10 nitrogen and oxygen atoms in total. The summed E-state index contributed by atoms with van der Waals surface area (Å²) in [7, 11) is 0. The van der Waals surface area contributed by atoms with E-state index in [4.69, 9.17) is 20.3 Å². The van der Waals surface area contributed by atoms with Crippen LogP contribution in [0.5, 0.6) is 5.75 Å². The van der Waals surface area contributed by atoms with Gasteiger partial charge in [0.1, 0.15) is 18.0 Å². The van der Waals surface area contributed by atoms with Crippen molar-refractivity contribution in [3.05, 3.63) is 29.3 Å². The number of hydrogen-bond acceptors (Lipinski definition) is 6. The van der Waals surface area contributed by atoms with E-state index in [-0.39, 0.29) is 6.61 Å². The molecule has 10 heteroatoms. The van der Waals surface area contributed by atoms with Crippen LogP contribution in [0.4, 0.5) is 4.79 Å². The van der Waals surface area contributed by atoms with E-state index >= 15 is 0 Å². The molecule has 0 aromatic heterocycles. The smallest absolute Gasteiger partial charge is 0.407 e. The van der Waals surface area contributed by atoms with Gasteiger partial charge in [0, 0.05) is 26.2 Å². The van der Waals surface area contributed by atoms with E-state index in [0.29, 0.717) is 44.3 Å². The lowest BCUT2D eigenvalue weighted by Gasteiger charge is -2.30. The predicted molar refractivity (Wildman–Crippen MR) is 115 cm³/mol. The van der Waals surface area contributed by atoms with Gasteiger partial charge in [-0.25, -0.2) is 9.59 Å². The van der Waals surface area contributed by atoms with Crippen LogP contribution >= 0.6 is 0 Å². The number of nitrogens with two attached hydrogens (primary N) is 1. The maximum atomic E-state index is 11.6. The van der Waals surface area contributed by atoms with Gasteiger partial charge in [0.05, 0.1) is 0 Å². The van der Waals surface area contributed by atoms with Gasteiger partial charge in [0.15, 0.2) is 12.1 Å². The van der Waals surface area contributed by atoms with Crippen molar-refractivity contribution in [3.63, 3.8) is 0 Å². The van der Waals surface area contributed by atoms with E-state index in [1.54, 1.807) is 6.07 Å². The third kappa shape index (κ3) is 8.33. The first-order valence-corrected chi connectivity index (χ1v) is 10.2. The molecule has 0 fully saturated rings. The number of carboxylic acid groups (broad SMARTS) is 1. The van der Waals surface area contributed by atoms with Gasteiger partial charge in [-0.15, -0.1) is 0 Å². The number of hydrogen-bond donors (Lipinski definition) is 4. The molecule has 0 aliphatic carbocycles. The van der Waals surface area contributed by atoms with Crippen molar-refractivity contribution in [3.8, 4) is 5.75 Å². The summed E-state index contributed by atoms with van der Waals surface area (Å²) in [5, 5.41) is 20.7. The van der Waals surface area contributed by atoms with Crippen molar-refractivity contribution in [1.82, 2.24) is 10.2 Å². The molecule has 0 radical (unpaired) electrons. The molecular formula is C21H32N4O6. The highest BCUT2D eigenvalue weighted by Gasteiger charge is 2.19. The average Bonchev–Trinajstić information content (AvgIpc) is 2.69. The predicted octanol–water partition coefficient (Wildman–Crippen LogP) is 1.10. The fourth-order valence-electron chi connectivity index (χ4n) is 2.94. The number of alkyl carbamates (subject to hydrolysis) is 1. The quantitative estimate of drug-likeness (QED) is 0.269. The number of benzene rings is 1. The number of aliphatic imine (C=N–C) groups is 1. The molecule has 1 aromatic rings. The van der Waals surface area contributed by atoms with Crippen LogP contribution in [0.1, 0.15) is 38.3 Å². The normalized spacial score (nSPS) is 15.1. The highest BCUT2D eigenvalue weighted by atomic mass is 16.6. The van der Waals surface area contributed by atoms with Crippen LogP contribution in [0.3, 0.4) is 0 Å². The van der Waals surface area contributed by atoms with Crippen molar-refractivity contribution >= 4 is 18.0 Å². The Morgan fingerprint density at radius 1 is 1.32 bits per heavy atom. The second kappa shape index (κ2) is 10.9.